The van der Waals surface area contributed by atoms with Crippen LogP contribution in [0.15, 0.2) is 60.2 Å². The van der Waals surface area contributed by atoms with Gasteiger partial charge in [0.2, 0.25) is 0 Å². The summed E-state index contributed by atoms with van der Waals surface area (Å²) in [5.41, 5.74) is 1.88. The number of hydrogen-bond acceptors (Lipinski definition) is 4. The quantitative estimate of drug-likeness (QED) is 0.250. The maximum Gasteiger partial charge on any atom is 0.191 e. The second-order valence-corrected chi connectivity index (χ2v) is 7.73. The highest BCUT2D eigenvalue weighted by atomic mass is 127. The van der Waals surface area contributed by atoms with Crippen molar-refractivity contribution in [1.82, 2.24) is 25.2 Å². The summed E-state index contributed by atoms with van der Waals surface area (Å²) < 4.78 is 21.8. The van der Waals surface area contributed by atoms with Gasteiger partial charge in [0.15, 0.2) is 17.5 Å². The summed E-state index contributed by atoms with van der Waals surface area (Å²) >= 11 is 0. The van der Waals surface area contributed by atoms with Crippen LogP contribution in [0.2, 0.25) is 0 Å². The Labute approximate surface area is 204 Å². The molecule has 1 fully saturated rings. The minimum Gasteiger partial charge on any atom is -0.490 e. The molecule has 0 amide bonds. The minimum atomic E-state index is -0.335. The Morgan fingerprint density at radius 3 is 2.81 bits per heavy atom. The lowest BCUT2D eigenvalue weighted by Gasteiger charge is -2.19. The molecule has 1 saturated carbocycles. The third kappa shape index (κ3) is 6.41. The summed E-state index contributed by atoms with van der Waals surface area (Å²) in [5, 5.41) is 6.60. The molecular weight excluding hydrogens is 522 g/mol. The number of ether oxygens (including phenoxy) is 1. The highest BCUT2D eigenvalue weighted by Crippen LogP contribution is 2.30. The van der Waals surface area contributed by atoms with Crippen LogP contribution in [0.1, 0.15) is 36.9 Å². The van der Waals surface area contributed by atoms with Crippen molar-refractivity contribution in [3.63, 3.8) is 0 Å². The molecule has 1 aliphatic rings. The number of nitrogens with zero attached hydrogens (tertiary/aromatic N) is 4. The van der Waals surface area contributed by atoms with Crippen LogP contribution in [-0.2, 0) is 6.54 Å². The number of hydrogen-bond donors (Lipinski definition) is 2. The van der Waals surface area contributed by atoms with Gasteiger partial charge < -0.3 is 15.4 Å². The van der Waals surface area contributed by atoms with Crippen molar-refractivity contribution >= 4 is 29.9 Å². The minimum absolute atomic E-state index is 0. The van der Waals surface area contributed by atoms with Crippen LogP contribution in [-0.4, -0.2) is 34.1 Å². The van der Waals surface area contributed by atoms with Crippen molar-refractivity contribution in [1.29, 1.82) is 0 Å². The molecule has 1 aliphatic carbocycles. The summed E-state index contributed by atoms with van der Waals surface area (Å²) in [4.78, 5) is 12.7. The Morgan fingerprint density at radius 2 is 2.12 bits per heavy atom. The standard InChI is InChI=1S/C23H27FN6O.HI/c1-16(19-5-6-21(20(24)12-19)31-14-17-3-4-17)29-23(25-2)28-13-18-7-8-27-22(11-18)30-10-9-26-15-30;/h5-12,15-17H,3-4,13-14H2,1-2H3,(H2,25,28,29);1H. The second-order valence-electron chi connectivity index (χ2n) is 7.73. The number of aromatic nitrogens is 3. The number of halogens is 2. The van der Waals surface area contributed by atoms with Crippen molar-refractivity contribution in [2.45, 2.75) is 32.4 Å². The molecule has 9 heteroatoms. The van der Waals surface area contributed by atoms with E-state index in [1.54, 1.807) is 31.8 Å². The average Bonchev–Trinajstić information content (AvgIpc) is 3.45. The van der Waals surface area contributed by atoms with Gasteiger partial charge in [-0.2, -0.15) is 0 Å². The van der Waals surface area contributed by atoms with Gasteiger partial charge in [-0.15, -0.1) is 24.0 Å². The Morgan fingerprint density at radius 1 is 1.28 bits per heavy atom. The maximum atomic E-state index is 14.4. The van der Waals surface area contributed by atoms with Gasteiger partial charge in [0.1, 0.15) is 12.1 Å². The summed E-state index contributed by atoms with van der Waals surface area (Å²) in [6.45, 7) is 3.13. The number of pyridine rings is 1. The zero-order valence-electron chi connectivity index (χ0n) is 18.2. The van der Waals surface area contributed by atoms with Gasteiger partial charge in [0.25, 0.3) is 0 Å². The molecule has 2 N–H and O–H groups in total. The summed E-state index contributed by atoms with van der Waals surface area (Å²) in [5.74, 6) is 2.00. The fourth-order valence-electron chi connectivity index (χ4n) is 3.17. The van der Waals surface area contributed by atoms with E-state index in [1.165, 1.54) is 18.9 Å². The van der Waals surface area contributed by atoms with Gasteiger partial charge in [-0.3, -0.25) is 9.56 Å². The van der Waals surface area contributed by atoms with E-state index in [4.69, 9.17) is 4.74 Å². The molecular formula is C23H28FIN6O. The third-order valence-electron chi connectivity index (χ3n) is 5.24. The summed E-state index contributed by atoms with van der Waals surface area (Å²) in [6, 6.07) is 8.91. The molecule has 1 atom stereocenters. The monoisotopic (exact) mass is 550 g/mol. The van der Waals surface area contributed by atoms with E-state index in [1.807, 2.05) is 35.9 Å². The van der Waals surface area contributed by atoms with Crippen LogP contribution in [0.4, 0.5) is 4.39 Å². The van der Waals surface area contributed by atoms with Crippen LogP contribution in [0.3, 0.4) is 0 Å². The molecule has 2 heterocycles. The normalized spacial score (nSPS) is 14.4. The second kappa shape index (κ2) is 11.3. The zero-order valence-corrected chi connectivity index (χ0v) is 20.5. The van der Waals surface area contributed by atoms with Crippen LogP contribution < -0.4 is 15.4 Å². The highest BCUT2D eigenvalue weighted by Gasteiger charge is 2.22. The zero-order chi connectivity index (χ0) is 21.6. The van der Waals surface area contributed by atoms with E-state index < -0.39 is 0 Å². The molecule has 0 spiro atoms. The molecule has 7 nitrogen and oxygen atoms in total. The number of nitrogens with one attached hydrogen (secondary N) is 2. The average molecular weight is 550 g/mol. The van der Waals surface area contributed by atoms with E-state index >= 15 is 0 Å². The lowest BCUT2D eigenvalue weighted by Crippen LogP contribution is -2.38. The van der Waals surface area contributed by atoms with Crippen molar-refractivity contribution < 1.29 is 9.13 Å². The largest absolute Gasteiger partial charge is 0.490 e. The van der Waals surface area contributed by atoms with Gasteiger partial charge in [-0.1, -0.05) is 6.07 Å². The van der Waals surface area contributed by atoms with Crippen molar-refractivity contribution in [3.8, 4) is 11.6 Å². The van der Waals surface area contributed by atoms with E-state index in [0.717, 1.165) is 16.9 Å². The number of imidazole rings is 1. The van der Waals surface area contributed by atoms with Crippen LogP contribution in [0, 0.1) is 11.7 Å². The van der Waals surface area contributed by atoms with Crippen molar-refractivity contribution in [2.24, 2.45) is 10.9 Å². The number of rotatable bonds is 8. The van der Waals surface area contributed by atoms with Gasteiger partial charge in [-0.25, -0.2) is 14.4 Å². The van der Waals surface area contributed by atoms with Gasteiger partial charge in [0.05, 0.1) is 12.6 Å². The fraction of sp³-hybridized carbons (Fsp3) is 0.348. The smallest absolute Gasteiger partial charge is 0.191 e. The first-order chi connectivity index (χ1) is 15.1. The van der Waals surface area contributed by atoms with Gasteiger partial charge in [-0.05, 0) is 61.1 Å². The van der Waals surface area contributed by atoms with E-state index in [9.17, 15) is 4.39 Å². The van der Waals surface area contributed by atoms with Gasteiger partial charge in [0, 0.05) is 32.2 Å². The highest BCUT2D eigenvalue weighted by molar-refractivity contribution is 14.0. The number of guanidine groups is 1. The first-order valence-electron chi connectivity index (χ1n) is 10.4. The first-order valence-corrected chi connectivity index (χ1v) is 10.4. The maximum absolute atomic E-state index is 14.4. The summed E-state index contributed by atoms with van der Waals surface area (Å²) in [7, 11) is 1.71. The number of aliphatic imine (C=N–C) groups is 1. The first kappa shape index (κ1) is 24.0. The predicted octanol–water partition coefficient (Wildman–Crippen LogP) is 4.24. The molecule has 0 radical (unpaired) electrons. The molecule has 0 saturated heterocycles. The van der Waals surface area contributed by atoms with E-state index in [-0.39, 0.29) is 35.8 Å². The predicted molar refractivity (Wildman–Crippen MR) is 133 cm³/mol. The molecule has 32 heavy (non-hydrogen) atoms. The van der Waals surface area contributed by atoms with E-state index in [2.05, 4.69) is 25.6 Å². The van der Waals surface area contributed by atoms with E-state index in [0.29, 0.717) is 30.8 Å². The Balaban J connectivity index is 0.00000289. The Kier molecular flexibility index (Phi) is 8.43. The van der Waals surface area contributed by atoms with Crippen molar-refractivity contribution in [3.05, 3.63) is 72.2 Å². The van der Waals surface area contributed by atoms with Gasteiger partial charge >= 0.3 is 0 Å². The Hall–Kier alpha value is -2.69. The molecule has 3 aromatic rings. The fourth-order valence-corrected chi connectivity index (χ4v) is 3.17. The third-order valence-corrected chi connectivity index (χ3v) is 5.24. The molecule has 0 bridgehead atoms. The molecule has 1 aromatic carbocycles. The SMILES string of the molecule is CN=C(NCc1ccnc(-n2ccnc2)c1)NC(C)c1ccc(OCC2CC2)c(F)c1.I. The topological polar surface area (TPSA) is 76.4 Å². The Bertz CT molecular complexity index is 1040. The number of benzene rings is 1. The van der Waals surface area contributed by atoms with Crippen LogP contribution >= 0.6 is 24.0 Å². The summed E-state index contributed by atoms with van der Waals surface area (Å²) in [6.07, 6.45) is 9.40. The molecule has 170 valence electrons. The molecule has 4 rings (SSSR count). The van der Waals surface area contributed by atoms with Crippen molar-refractivity contribution in [2.75, 3.05) is 13.7 Å². The van der Waals surface area contributed by atoms with Crippen LogP contribution in [0.25, 0.3) is 5.82 Å². The lowest BCUT2D eigenvalue weighted by molar-refractivity contribution is 0.285. The lowest BCUT2D eigenvalue weighted by atomic mass is 10.1. The molecule has 2 aromatic heterocycles. The molecule has 0 aliphatic heterocycles. The van der Waals surface area contributed by atoms with Crippen LogP contribution in [0.5, 0.6) is 5.75 Å². The molecule has 1 unspecified atom stereocenters.